The molecule has 0 radical (unpaired) electrons. The van der Waals surface area contributed by atoms with Gasteiger partial charge in [-0.15, -0.1) is 0 Å². The van der Waals surface area contributed by atoms with Gasteiger partial charge < -0.3 is 5.32 Å². The van der Waals surface area contributed by atoms with Crippen LogP contribution in [0.1, 0.15) is 47.9 Å². The van der Waals surface area contributed by atoms with E-state index < -0.39 is 0 Å². The molecule has 2 heteroatoms. The van der Waals surface area contributed by atoms with Crippen LogP contribution in [-0.4, -0.2) is 31.1 Å². The predicted octanol–water partition coefficient (Wildman–Crippen LogP) is 4.61. The van der Waals surface area contributed by atoms with Crippen molar-refractivity contribution in [3.05, 3.63) is 70.8 Å². The predicted molar refractivity (Wildman–Crippen MR) is 114 cm³/mol. The van der Waals surface area contributed by atoms with Crippen molar-refractivity contribution < 1.29 is 0 Å². The number of nitrogens with zero attached hydrogens (tertiary/aromatic N) is 1. The first-order valence-electron chi connectivity index (χ1n) is 10.9. The monoisotopic (exact) mass is 362 g/mol. The second-order valence-electron chi connectivity index (χ2n) is 8.45. The van der Waals surface area contributed by atoms with Crippen LogP contribution in [0.25, 0.3) is 0 Å². The maximum Gasteiger partial charge on any atom is 0.0233 e. The first kappa shape index (κ1) is 18.7. The van der Waals surface area contributed by atoms with Gasteiger partial charge in [-0.05, 0) is 79.8 Å². The molecule has 2 aliphatic heterocycles. The van der Waals surface area contributed by atoms with E-state index in [4.69, 9.17) is 0 Å². The molecule has 0 aliphatic carbocycles. The molecular weight excluding hydrogens is 328 g/mol. The fourth-order valence-electron chi connectivity index (χ4n) is 4.75. The summed E-state index contributed by atoms with van der Waals surface area (Å²) < 4.78 is 0. The second-order valence-corrected chi connectivity index (χ2v) is 8.45. The summed E-state index contributed by atoms with van der Waals surface area (Å²) in [6.45, 7) is 5.89. The molecule has 1 saturated heterocycles. The van der Waals surface area contributed by atoms with E-state index in [9.17, 15) is 0 Å². The van der Waals surface area contributed by atoms with Gasteiger partial charge in [-0.1, -0.05) is 55.0 Å². The number of fused-ring (bicyclic) bond motifs is 1. The van der Waals surface area contributed by atoms with Crippen molar-refractivity contribution in [3.8, 4) is 0 Å². The maximum atomic E-state index is 3.48. The number of piperidine rings is 1. The lowest BCUT2D eigenvalue weighted by atomic mass is 9.91. The van der Waals surface area contributed by atoms with Crippen LogP contribution in [0.4, 0.5) is 0 Å². The van der Waals surface area contributed by atoms with Gasteiger partial charge in [0.25, 0.3) is 0 Å². The molecule has 2 heterocycles. The fraction of sp³-hybridized carbons (Fsp3) is 0.520. The molecule has 144 valence electrons. The van der Waals surface area contributed by atoms with Gasteiger partial charge in [0.05, 0.1) is 0 Å². The van der Waals surface area contributed by atoms with Gasteiger partial charge in [-0.2, -0.15) is 0 Å². The molecule has 1 N–H and O–H groups in total. The van der Waals surface area contributed by atoms with Crippen LogP contribution in [0.15, 0.2) is 48.5 Å². The van der Waals surface area contributed by atoms with Crippen molar-refractivity contribution in [2.45, 2.75) is 51.5 Å². The average molecular weight is 363 g/mol. The molecular formula is C25H34N2. The minimum Gasteiger partial charge on any atom is -0.317 e. The summed E-state index contributed by atoms with van der Waals surface area (Å²) in [6.07, 6.45) is 9.16. The third-order valence-electron chi connectivity index (χ3n) is 6.45. The summed E-state index contributed by atoms with van der Waals surface area (Å²) in [4.78, 5) is 2.62. The zero-order chi connectivity index (χ0) is 18.3. The zero-order valence-electron chi connectivity index (χ0n) is 16.6. The number of benzene rings is 2. The first-order chi connectivity index (χ1) is 13.4. The highest BCUT2D eigenvalue weighted by Gasteiger charge is 2.15. The van der Waals surface area contributed by atoms with Gasteiger partial charge in [-0.3, -0.25) is 4.90 Å². The van der Waals surface area contributed by atoms with Crippen LogP contribution in [0.3, 0.4) is 0 Å². The number of rotatable bonds is 6. The molecule has 0 atom stereocenters. The van der Waals surface area contributed by atoms with Gasteiger partial charge in [0, 0.05) is 19.6 Å². The first-order valence-corrected chi connectivity index (χ1v) is 10.9. The second kappa shape index (κ2) is 9.52. The standard InChI is InChI=1S/C25H34N2/c1-2-5-23(6-3-1)20-27-17-13-24-10-9-22(19-25(24)14-18-27)8-4-7-21-11-15-26-16-12-21/h1-3,5-6,9-10,19,21,26H,4,7-8,11-18,20H2. The van der Waals surface area contributed by atoms with Gasteiger partial charge in [-0.25, -0.2) is 0 Å². The molecule has 0 aromatic heterocycles. The van der Waals surface area contributed by atoms with Crippen LogP contribution < -0.4 is 5.32 Å². The highest BCUT2D eigenvalue weighted by Crippen LogP contribution is 2.22. The van der Waals surface area contributed by atoms with Crippen molar-refractivity contribution in [3.63, 3.8) is 0 Å². The molecule has 1 fully saturated rings. The van der Waals surface area contributed by atoms with E-state index in [2.05, 4.69) is 58.7 Å². The molecule has 0 spiro atoms. The molecule has 27 heavy (non-hydrogen) atoms. The lowest BCUT2D eigenvalue weighted by Crippen LogP contribution is -2.27. The van der Waals surface area contributed by atoms with E-state index >= 15 is 0 Å². The summed E-state index contributed by atoms with van der Waals surface area (Å²) in [5.74, 6) is 0.957. The summed E-state index contributed by atoms with van der Waals surface area (Å²) >= 11 is 0. The number of hydrogen-bond donors (Lipinski definition) is 1. The molecule has 2 nitrogen and oxygen atoms in total. The number of hydrogen-bond acceptors (Lipinski definition) is 2. The Labute approximate surface area is 165 Å². The lowest BCUT2D eigenvalue weighted by Gasteiger charge is -2.22. The van der Waals surface area contributed by atoms with E-state index in [0.29, 0.717) is 0 Å². The quantitative estimate of drug-likeness (QED) is 0.807. The van der Waals surface area contributed by atoms with E-state index in [1.54, 1.807) is 16.7 Å². The summed E-state index contributed by atoms with van der Waals surface area (Å²) in [7, 11) is 0. The minimum absolute atomic E-state index is 0.957. The Balaban J connectivity index is 1.29. The largest absolute Gasteiger partial charge is 0.317 e. The molecule has 2 aromatic rings. The van der Waals surface area contributed by atoms with Gasteiger partial charge >= 0.3 is 0 Å². The molecule has 2 aliphatic rings. The van der Waals surface area contributed by atoms with Crippen LogP contribution in [0.2, 0.25) is 0 Å². The van der Waals surface area contributed by atoms with E-state index in [1.807, 2.05) is 0 Å². The van der Waals surface area contributed by atoms with Crippen molar-refractivity contribution in [2.24, 2.45) is 5.92 Å². The summed E-state index contributed by atoms with van der Waals surface area (Å²) in [5.41, 5.74) is 6.17. The van der Waals surface area contributed by atoms with Crippen LogP contribution in [0, 0.1) is 5.92 Å². The Kier molecular flexibility index (Phi) is 6.60. The third-order valence-corrected chi connectivity index (χ3v) is 6.45. The van der Waals surface area contributed by atoms with Crippen LogP contribution >= 0.6 is 0 Å². The Morgan fingerprint density at radius 1 is 0.852 bits per heavy atom. The Bertz CT molecular complexity index is 704. The lowest BCUT2D eigenvalue weighted by molar-refractivity contribution is 0.279. The van der Waals surface area contributed by atoms with Gasteiger partial charge in [0.1, 0.15) is 0 Å². The van der Waals surface area contributed by atoms with Crippen LogP contribution in [0.5, 0.6) is 0 Å². The van der Waals surface area contributed by atoms with Crippen molar-refractivity contribution in [1.29, 1.82) is 0 Å². The SMILES string of the molecule is c1ccc(CN2CCc3ccc(CCCC4CCNCC4)cc3CC2)cc1. The van der Waals surface area contributed by atoms with Crippen molar-refractivity contribution >= 4 is 0 Å². The van der Waals surface area contributed by atoms with E-state index in [-0.39, 0.29) is 0 Å². The summed E-state index contributed by atoms with van der Waals surface area (Å²) in [5, 5.41) is 3.48. The average Bonchev–Trinajstić information content (AvgIpc) is 2.92. The molecule has 0 bridgehead atoms. The third kappa shape index (κ3) is 5.43. The van der Waals surface area contributed by atoms with Crippen molar-refractivity contribution in [2.75, 3.05) is 26.2 Å². The molecule has 0 unspecified atom stereocenters. The van der Waals surface area contributed by atoms with Gasteiger partial charge in [0.15, 0.2) is 0 Å². The molecule has 0 amide bonds. The van der Waals surface area contributed by atoms with E-state index in [1.165, 1.54) is 76.7 Å². The minimum atomic E-state index is 0.957. The Morgan fingerprint density at radius 2 is 1.63 bits per heavy atom. The highest BCUT2D eigenvalue weighted by molar-refractivity contribution is 5.33. The Hall–Kier alpha value is -1.64. The topological polar surface area (TPSA) is 15.3 Å². The fourth-order valence-corrected chi connectivity index (χ4v) is 4.75. The van der Waals surface area contributed by atoms with Gasteiger partial charge in [0.2, 0.25) is 0 Å². The maximum absolute atomic E-state index is 3.48. The summed E-state index contributed by atoms with van der Waals surface area (Å²) in [6, 6.07) is 18.2. The molecule has 2 aromatic carbocycles. The molecule has 4 rings (SSSR count). The van der Waals surface area contributed by atoms with E-state index in [0.717, 1.165) is 12.5 Å². The van der Waals surface area contributed by atoms with Crippen molar-refractivity contribution in [1.82, 2.24) is 10.2 Å². The molecule has 0 saturated carbocycles. The van der Waals surface area contributed by atoms with Crippen LogP contribution in [-0.2, 0) is 25.8 Å². The normalized spacial score (nSPS) is 18.8. The Morgan fingerprint density at radius 3 is 2.44 bits per heavy atom. The smallest absolute Gasteiger partial charge is 0.0233 e. The zero-order valence-corrected chi connectivity index (χ0v) is 16.6. The highest BCUT2D eigenvalue weighted by atomic mass is 15.1. The number of aryl methyl sites for hydroxylation is 1. The number of nitrogens with one attached hydrogen (secondary N) is 1.